The van der Waals surface area contributed by atoms with Crippen LogP contribution in [0, 0.1) is 0 Å². The summed E-state index contributed by atoms with van der Waals surface area (Å²) in [6.45, 7) is 5.10. The maximum Gasteiger partial charge on any atom is 0.412 e. The lowest BCUT2D eigenvalue weighted by molar-refractivity contribution is -0.120. The van der Waals surface area contributed by atoms with Gasteiger partial charge in [0.2, 0.25) is 17.5 Å². The van der Waals surface area contributed by atoms with Crippen molar-refractivity contribution in [2.75, 3.05) is 12.8 Å². The summed E-state index contributed by atoms with van der Waals surface area (Å²) in [5.74, 6) is -1.81. The second-order valence-electron chi connectivity index (χ2n) is 7.41. The fraction of sp³-hybridized carbons (Fsp3) is 0.273. The SMILES string of the molecule is CNC(=O)Oc1cc(C(C)C)ccc1C1(NC(C)=O)C(=O)c2cccc(N)c2C1=O. The molecule has 0 spiro atoms. The van der Waals surface area contributed by atoms with E-state index in [1.807, 2.05) is 13.8 Å². The smallest absolute Gasteiger partial charge is 0.410 e. The molecule has 2 aromatic rings. The first kappa shape index (κ1) is 21.0. The van der Waals surface area contributed by atoms with Crippen LogP contribution in [0.25, 0.3) is 0 Å². The maximum absolute atomic E-state index is 13.5. The molecule has 4 N–H and O–H groups in total. The van der Waals surface area contributed by atoms with Crippen LogP contribution >= 0.6 is 0 Å². The molecule has 0 saturated carbocycles. The highest BCUT2D eigenvalue weighted by molar-refractivity contribution is 6.35. The van der Waals surface area contributed by atoms with Gasteiger partial charge in [-0.15, -0.1) is 0 Å². The number of rotatable bonds is 4. The maximum atomic E-state index is 13.5. The van der Waals surface area contributed by atoms with Crippen LogP contribution in [-0.4, -0.2) is 30.6 Å². The summed E-state index contributed by atoms with van der Waals surface area (Å²) in [7, 11) is 1.39. The molecule has 8 heteroatoms. The van der Waals surface area contributed by atoms with Crippen LogP contribution in [-0.2, 0) is 10.3 Å². The summed E-state index contributed by atoms with van der Waals surface area (Å²) in [6, 6.07) is 9.40. The zero-order chi connectivity index (χ0) is 22.2. The fourth-order valence-corrected chi connectivity index (χ4v) is 3.64. The second kappa shape index (κ2) is 7.62. The van der Waals surface area contributed by atoms with Crippen molar-refractivity contribution in [3.63, 3.8) is 0 Å². The standard InChI is InChI=1S/C22H23N3O5/c1-11(2)13-8-9-15(17(10-13)30-21(29)24-4)22(25-12(3)26)19(27)14-6-5-7-16(23)18(14)20(22)28/h5-11H,23H2,1-4H3,(H,24,29)(H,25,26). The summed E-state index contributed by atoms with van der Waals surface area (Å²) in [5.41, 5.74) is 5.06. The molecule has 1 aliphatic rings. The topological polar surface area (TPSA) is 128 Å². The Labute approximate surface area is 173 Å². The van der Waals surface area contributed by atoms with Gasteiger partial charge in [0.25, 0.3) is 0 Å². The van der Waals surface area contributed by atoms with Crippen molar-refractivity contribution in [1.82, 2.24) is 10.6 Å². The molecule has 30 heavy (non-hydrogen) atoms. The molecule has 0 aromatic heterocycles. The van der Waals surface area contributed by atoms with Crippen molar-refractivity contribution in [3.8, 4) is 5.75 Å². The highest BCUT2D eigenvalue weighted by atomic mass is 16.6. The highest BCUT2D eigenvalue weighted by Crippen LogP contribution is 2.44. The molecule has 0 radical (unpaired) electrons. The number of amides is 2. The van der Waals surface area contributed by atoms with E-state index in [9.17, 15) is 19.2 Å². The molecule has 2 aromatic carbocycles. The number of benzene rings is 2. The Hall–Kier alpha value is -3.68. The Bertz CT molecular complexity index is 1080. The van der Waals surface area contributed by atoms with E-state index in [1.165, 1.54) is 32.2 Å². The van der Waals surface area contributed by atoms with Crippen molar-refractivity contribution < 1.29 is 23.9 Å². The third-order valence-corrected chi connectivity index (χ3v) is 5.10. The normalized spacial score (nSPS) is 17.6. The molecule has 0 heterocycles. The Kier molecular flexibility index (Phi) is 5.35. The zero-order valence-corrected chi connectivity index (χ0v) is 17.2. The second-order valence-corrected chi connectivity index (χ2v) is 7.41. The van der Waals surface area contributed by atoms with Crippen LogP contribution in [0.5, 0.6) is 5.75 Å². The molecule has 156 valence electrons. The molecule has 2 amide bonds. The minimum absolute atomic E-state index is 0.00220. The van der Waals surface area contributed by atoms with E-state index in [0.717, 1.165) is 5.56 Å². The number of nitrogens with two attached hydrogens (primary N) is 1. The van der Waals surface area contributed by atoms with Crippen LogP contribution in [0.15, 0.2) is 36.4 Å². The van der Waals surface area contributed by atoms with Gasteiger partial charge in [0.1, 0.15) is 5.75 Å². The van der Waals surface area contributed by atoms with Crippen LogP contribution in [0.4, 0.5) is 10.5 Å². The summed E-state index contributed by atoms with van der Waals surface area (Å²) < 4.78 is 5.39. The van der Waals surface area contributed by atoms with E-state index < -0.39 is 29.1 Å². The number of anilines is 1. The first-order chi connectivity index (χ1) is 14.1. The molecule has 0 fully saturated rings. The van der Waals surface area contributed by atoms with E-state index in [0.29, 0.717) is 0 Å². The molecule has 1 aliphatic carbocycles. The predicted octanol–water partition coefficient (Wildman–Crippen LogP) is 2.52. The summed E-state index contributed by atoms with van der Waals surface area (Å²) in [6.07, 6.45) is -0.773. The third-order valence-electron chi connectivity index (χ3n) is 5.10. The number of hydrogen-bond donors (Lipinski definition) is 3. The van der Waals surface area contributed by atoms with Crippen molar-refractivity contribution in [1.29, 1.82) is 0 Å². The predicted molar refractivity (Wildman–Crippen MR) is 111 cm³/mol. The van der Waals surface area contributed by atoms with Gasteiger partial charge in [-0.1, -0.05) is 38.1 Å². The summed E-state index contributed by atoms with van der Waals surface area (Å²) in [5, 5.41) is 4.86. The molecular weight excluding hydrogens is 386 g/mol. The highest BCUT2D eigenvalue weighted by Gasteiger charge is 2.57. The first-order valence-corrected chi connectivity index (χ1v) is 9.44. The summed E-state index contributed by atoms with van der Waals surface area (Å²) in [4.78, 5) is 51.1. The number of nitrogens with one attached hydrogen (secondary N) is 2. The number of nitrogen functional groups attached to an aromatic ring is 1. The Morgan fingerprint density at radius 3 is 2.37 bits per heavy atom. The Balaban J connectivity index is 2.32. The average molecular weight is 409 g/mol. The molecule has 3 rings (SSSR count). The van der Waals surface area contributed by atoms with Gasteiger partial charge in [-0.25, -0.2) is 4.79 Å². The van der Waals surface area contributed by atoms with Gasteiger partial charge in [0.05, 0.1) is 5.56 Å². The third kappa shape index (κ3) is 3.20. The Morgan fingerprint density at radius 2 is 1.80 bits per heavy atom. The lowest BCUT2D eigenvalue weighted by Gasteiger charge is -2.29. The number of fused-ring (bicyclic) bond motifs is 1. The number of hydrogen-bond acceptors (Lipinski definition) is 6. The molecular formula is C22H23N3O5. The average Bonchev–Trinajstić information content (AvgIpc) is 2.90. The number of ether oxygens (including phenoxy) is 1. The van der Waals surface area contributed by atoms with Crippen molar-refractivity contribution in [3.05, 3.63) is 58.7 Å². The van der Waals surface area contributed by atoms with E-state index in [1.54, 1.807) is 18.2 Å². The first-order valence-electron chi connectivity index (χ1n) is 9.44. The monoisotopic (exact) mass is 409 g/mol. The van der Waals surface area contributed by atoms with Gasteiger partial charge in [0, 0.05) is 30.8 Å². The summed E-state index contributed by atoms with van der Waals surface area (Å²) >= 11 is 0. The zero-order valence-electron chi connectivity index (χ0n) is 17.2. The van der Waals surface area contributed by atoms with Gasteiger partial charge in [-0.05, 0) is 23.6 Å². The van der Waals surface area contributed by atoms with Crippen molar-refractivity contribution >= 4 is 29.3 Å². The Morgan fingerprint density at radius 1 is 1.10 bits per heavy atom. The molecule has 0 saturated heterocycles. The van der Waals surface area contributed by atoms with Crippen LogP contribution in [0.2, 0.25) is 0 Å². The molecule has 0 bridgehead atoms. The van der Waals surface area contributed by atoms with E-state index in [2.05, 4.69) is 10.6 Å². The van der Waals surface area contributed by atoms with Crippen molar-refractivity contribution in [2.45, 2.75) is 32.2 Å². The number of carbonyl (C=O) groups excluding carboxylic acids is 4. The molecule has 8 nitrogen and oxygen atoms in total. The largest absolute Gasteiger partial charge is 0.412 e. The lowest BCUT2D eigenvalue weighted by Crippen LogP contribution is -2.53. The minimum Gasteiger partial charge on any atom is -0.410 e. The van der Waals surface area contributed by atoms with Gasteiger partial charge in [-0.3, -0.25) is 14.4 Å². The van der Waals surface area contributed by atoms with Crippen LogP contribution in [0.3, 0.4) is 0 Å². The number of carbonyl (C=O) groups is 4. The van der Waals surface area contributed by atoms with E-state index >= 15 is 0 Å². The van der Waals surface area contributed by atoms with Crippen LogP contribution < -0.4 is 21.1 Å². The minimum atomic E-state index is -2.08. The van der Waals surface area contributed by atoms with Crippen molar-refractivity contribution in [2.24, 2.45) is 0 Å². The van der Waals surface area contributed by atoms with Crippen LogP contribution in [0.1, 0.15) is 58.5 Å². The lowest BCUT2D eigenvalue weighted by atomic mass is 9.82. The molecule has 1 unspecified atom stereocenters. The van der Waals surface area contributed by atoms with Gasteiger partial charge in [0.15, 0.2) is 5.54 Å². The van der Waals surface area contributed by atoms with Gasteiger partial charge in [-0.2, -0.15) is 0 Å². The van der Waals surface area contributed by atoms with E-state index in [-0.39, 0.29) is 34.0 Å². The van der Waals surface area contributed by atoms with E-state index in [4.69, 9.17) is 10.5 Å². The molecule has 1 atom stereocenters. The number of ketones is 2. The fourth-order valence-electron chi connectivity index (χ4n) is 3.64. The van der Waals surface area contributed by atoms with Gasteiger partial charge < -0.3 is 21.1 Å². The van der Waals surface area contributed by atoms with Gasteiger partial charge >= 0.3 is 6.09 Å². The molecule has 0 aliphatic heterocycles. The number of Topliss-reactive ketones (excluding diaryl/α,β-unsaturated/α-hetero) is 2. The quantitative estimate of drug-likeness (QED) is 0.526.